The van der Waals surface area contributed by atoms with Gasteiger partial charge in [-0.2, -0.15) is 0 Å². The molecule has 28 heavy (non-hydrogen) atoms. The molecule has 0 amide bonds. The number of hydrogen-bond acceptors (Lipinski definition) is 6. The molecule has 148 valence electrons. The molecular formula is C22H24O5S. The van der Waals surface area contributed by atoms with Gasteiger partial charge in [0.15, 0.2) is 0 Å². The minimum absolute atomic E-state index is 0.429. The fourth-order valence-electron chi connectivity index (χ4n) is 3.75. The summed E-state index contributed by atoms with van der Waals surface area (Å²) in [6.07, 6.45) is -4.94. The molecule has 0 bridgehead atoms. The van der Waals surface area contributed by atoms with Crippen molar-refractivity contribution in [1.29, 1.82) is 0 Å². The second-order valence-electron chi connectivity index (χ2n) is 7.36. The van der Waals surface area contributed by atoms with Crippen molar-refractivity contribution in [2.24, 2.45) is 0 Å². The van der Waals surface area contributed by atoms with Crippen LogP contribution in [0.5, 0.6) is 0 Å². The lowest BCUT2D eigenvalue weighted by atomic mass is 9.89. The van der Waals surface area contributed by atoms with Crippen molar-refractivity contribution < 1.29 is 25.2 Å². The van der Waals surface area contributed by atoms with Crippen LogP contribution in [0.15, 0.2) is 48.5 Å². The normalized spacial score (nSPS) is 28.0. The van der Waals surface area contributed by atoms with Gasteiger partial charge in [0.1, 0.15) is 30.5 Å². The number of benzene rings is 2. The smallest absolute Gasteiger partial charge is 0.113 e. The molecule has 0 spiro atoms. The van der Waals surface area contributed by atoms with E-state index >= 15 is 0 Å². The molecule has 3 aromatic rings. The van der Waals surface area contributed by atoms with E-state index in [1.165, 1.54) is 15.0 Å². The van der Waals surface area contributed by atoms with E-state index in [0.717, 1.165) is 23.1 Å². The van der Waals surface area contributed by atoms with Gasteiger partial charge in [0, 0.05) is 16.0 Å². The summed E-state index contributed by atoms with van der Waals surface area (Å²) in [4.78, 5) is 1.25. The SMILES string of the molecule is Cc1ccc([C@@H]2O[C@H](CO)[C@@H](O)[C@H](O)[C@H]2O)cc1Cc1cc2ccccc2s1. The van der Waals surface area contributed by atoms with E-state index in [2.05, 4.69) is 18.2 Å². The molecule has 5 nitrogen and oxygen atoms in total. The van der Waals surface area contributed by atoms with Gasteiger partial charge in [-0.15, -0.1) is 11.3 Å². The highest BCUT2D eigenvalue weighted by Gasteiger charge is 2.43. The Hall–Kier alpha value is -1.80. The zero-order chi connectivity index (χ0) is 19.8. The van der Waals surface area contributed by atoms with Crippen LogP contribution in [0.1, 0.15) is 27.7 Å². The largest absolute Gasteiger partial charge is 0.394 e. The molecule has 2 aromatic carbocycles. The van der Waals surface area contributed by atoms with Gasteiger partial charge < -0.3 is 25.2 Å². The highest BCUT2D eigenvalue weighted by Crippen LogP contribution is 2.34. The third-order valence-corrected chi connectivity index (χ3v) is 6.55. The Balaban J connectivity index is 1.63. The van der Waals surface area contributed by atoms with Crippen LogP contribution in [0, 0.1) is 6.92 Å². The second kappa shape index (κ2) is 7.91. The highest BCUT2D eigenvalue weighted by atomic mass is 32.1. The zero-order valence-electron chi connectivity index (χ0n) is 15.5. The summed E-state index contributed by atoms with van der Waals surface area (Å²) in [5, 5.41) is 41.1. The standard InChI is InChI=1S/C22H24O5S/c1-12-6-7-14(22-21(26)20(25)19(24)17(11-23)27-22)8-15(12)10-16-9-13-4-2-3-5-18(13)28-16/h2-9,17,19-26H,10-11H2,1H3/t17-,19-,20+,21-,22+/m1/s1. The van der Waals surface area contributed by atoms with E-state index in [-0.39, 0.29) is 0 Å². The van der Waals surface area contributed by atoms with E-state index in [4.69, 9.17) is 4.74 Å². The monoisotopic (exact) mass is 400 g/mol. The first-order valence-electron chi connectivity index (χ1n) is 9.35. The van der Waals surface area contributed by atoms with Crippen LogP contribution in [0.4, 0.5) is 0 Å². The predicted molar refractivity (Wildman–Crippen MR) is 109 cm³/mol. The molecule has 1 fully saturated rings. The third kappa shape index (κ3) is 3.59. The summed E-state index contributed by atoms with van der Waals surface area (Å²) in [6.45, 7) is 1.61. The minimum Gasteiger partial charge on any atom is -0.394 e. The van der Waals surface area contributed by atoms with E-state index in [1.54, 1.807) is 11.3 Å². The average molecular weight is 400 g/mol. The Kier molecular flexibility index (Phi) is 5.51. The van der Waals surface area contributed by atoms with Gasteiger partial charge in [-0.05, 0) is 41.1 Å². The first-order chi connectivity index (χ1) is 13.5. The molecule has 6 heteroatoms. The molecule has 5 atom stereocenters. The van der Waals surface area contributed by atoms with Crippen LogP contribution >= 0.6 is 11.3 Å². The maximum atomic E-state index is 10.4. The average Bonchev–Trinajstić information content (AvgIpc) is 3.11. The van der Waals surface area contributed by atoms with E-state index < -0.39 is 37.1 Å². The van der Waals surface area contributed by atoms with E-state index in [0.29, 0.717) is 0 Å². The van der Waals surface area contributed by atoms with Gasteiger partial charge in [0.05, 0.1) is 6.61 Å². The number of aliphatic hydroxyl groups is 4. The van der Waals surface area contributed by atoms with Crippen molar-refractivity contribution in [3.8, 4) is 0 Å². The Morgan fingerprint density at radius 2 is 1.75 bits per heavy atom. The van der Waals surface area contributed by atoms with Crippen LogP contribution in [0.3, 0.4) is 0 Å². The van der Waals surface area contributed by atoms with Gasteiger partial charge in [-0.1, -0.05) is 36.4 Å². The molecule has 0 radical (unpaired) electrons. The van der Waals surface area contributed by atoms with Crippen LogP contribution in [0.25, 0.3) is 10.1 Å². The number of thiophene rings is 1. The Bertz CT molecular complexity index is 933. The number of aryl methyl sites for hydroxylation is 1. The summed E-state index contributed by atoms with van der Waals surface area (Å²) < 4.78 is 6.95. The van der Waals surface area contributed by atoms with Gasteiger partial charge in [0.25, 0.3) is 0 Å². The van der Waals surface area contributed by atoms with Crippen molar-refractivity contribution >= 4 is 21.4 Å². The van der Waals surface area contributed by atoms with E-state index in [9.17, 15) is 20.4 Å². The Morgan fingerprint density at radius 3 is 2.50 bits per heavy atom. The van der Waals surface area contributed by atoms with Gasteiger partial charge in [-0.3, -0.25) is 0 Å². The summed E-state index contributed by atoms with van der Waals surface area (Å²) >= 11 is 1.76. The summed E-state index contributed by atoms with van der Waals surface area (Å²) in [5.74, 6) is 0. The molecule has 0 aliphatic carbocycles. The van der Waals surface area contributed by atoms with Crippen LogP contribution in [0.2, 0.25) is 0 Å². The topological polar surface area (TPSA) is 90.2 Å². The lowest BCUT2D eigenvalue weighted by Gasteiger charge is -2.40. The molecule has 0 saturated carbocycles. The van der Waals surface area contributed by atoms with Gasteiger partial charge in [-0.25, -0.2) is 0 Å². The maximum absolute atomic E-state index is 10.4. The summed E-state index contributed by atoms with van der Waals surface area (Å²) in [7, 11) is 0. The number of fused-ring (bicyclic) bond motifs is 1. The van der Waals surface area contributed by atoms with Crippen molar-refractivity contribution in [1.82, 2.24) is 0 Å². The summed E-state index contributed by atoms with van der Waals surface area (Å²) in [5.41, 5.74) is 2.96. The van der Waals surface area contributed by atoms with Crippen molar-refractivity contribution in [2.75, 3.05) is 6.61 Å². The second-order valence-corrected chi connectivity index (χ2v) is 8.53. The molecule has 4 N–H and O–H groups in total. The fourth-order valence-corrected chi connectivity index (χ4v) is 4.84. The van der Waals surface area contributed by atoms with Gasteiger partial charge >= 0.3 is 0 Å². The molecule has 1 aromatic heterocycles. The zero-order valence-corrected chi connectivity index (χ0v) is 16.3. The van der Waals surface area contributed by atoms with Crippen molar-refractivity contribution in [2.45, 2.75) is 43.9 Å². The van der Waals surface area contributed by atoms with E-state index in [1.807, 2.05) is 37.3 Å². The quantitative estimate of drug-likeness (QED) is 0.540. The molecule has 0 unspecified atom stereocenters. The number of rotatable bonds is 4. The Labute approximate surface area is 167 Å². The molecule has 1 aliphatic rings. The number of aliphatic hydroxyl groups excluding tert-OH is 4. The third-order valence-electron chi connectivity index (χ3n) is 5.44. The van der Waals surface area contributed by atoms with Crippen LogP contribution in [-0.2, 0) is 11.2 Å². The number of hydrogen-bond donors (Lipinski definition) is 4. The first-order valence-corrected chi connectivity index (χ1v) is 10.2. The lowest BCUT2D eigenvalue weighted by Crippen LogP contribution is -2.55. The van der Waals surface area contributed by atoms with Crippen molar-refractivity contribution in [3.05, 3.63) is 70.1 Å². The predicted octanol–water partition coefficient (Wildman–Crippen LogP) is 2.32. The summed E-state index contributed by atoms with van der Waals surface area (Å²) in [6, 6.07) is 16.3. The molecule has 1 saturated heterocycles. The first kappa shape index (κ1) is 19.5. The number of ether oxygens (including phenoxy) is 1. The minimum atomic E-state index is -1.37. The van der Waals surface area contributed by atoms with Crippen LogP contribution in [-0.4, -0.2) is 51.4 Å². The van der Waals surface area contributed by atoms with Crippen molar-refractivity contribution in [3.63, 3.8) is 0 Å². The lowest BCUT2D eigenvalue weighted by molar-refractivity contribution is -0.231. The molecule has 1 aliphatic heterocycles. The van der Waals surface area contributed by atoms with Crippen LogP contribution < -0.4 is 0 Å². The maximum Gasteiger partial charge on any atom is 0.113 e. The Morgan fingerprint density at radius 1 is 0.964 bits per heavy atom. The molecule has 2 heterocycles. The fraction of sp³-hybridized carbons (Fsp3) is 0.364. The molecular weight excluding hydrogens is 376 g/mol. The van der Waals surface area contributed by atoms with Gasteiger partial charge in [0.2, 0.25) is 0 Å². The highest BCUT2D eigenvalue weighted by molar-refractivity contribution is 7.19. The molecule has 4 rings (SSSR count).